The van der Waals surface area contributed by atoms with Crippen LogP contribution in [0.2, 0.25) is 0 Å². The van der Waals surface area contributed by atoms with Crippen molar-refractivity contribution in [2.75, 3.05) is 6.61 Å². The van der Waals surface area contributed by atoms with E-state index in [1.807, 2.05) is 0 Å². The molecule has 72 valence electrons. The highest BCUT2D eigenvalue weighted by Crippen LogP contribution is 2.04. The second kappa shape index (κ2) is 4.45. The van der Waals surface area contributed by atoms with Gasteiger partial charge in [0.05, 0.1) is 6.61 Å². The molecule has 0 spiro atoms. The van der Waals surface area contributed by atoms with Crippen LogP contribution in [0, 0.1) is 11.3 Å². The summed E-state index contributed by atoms with van der Waals surface area (Å²) in [7, 11) is 0. The Morgan fingerprint density at radius 1 is 1.62 bits per heavy atom. The molecular formula is C8H12N2O3. The van der Waals surface area contributed by atoms with Gasteiger partial charge in [0.2, 0.25) is 11.4 Å². The maximum absolute atomic E-state index is 11.2. The maximum Gasteiger partial charge on any atom is 0.346 e. The van der Waals surface area contributed by atoms with E-state index in [1.54, 1.807) is 13.0 Å². The molecule has 0 aliphatic heterocycles. The number of hydrogen-bond acceptors (Lipinski definition) is 4. The molecular weight excluding hydrogens is 172 g/mol. The van der Waals surface area contributed by atoms with Crippen LogP contribution in [-0.4, -0.2) is 24.0 Å². The summed E-state index contributed by atoms with van der Waals surface area (Å²) in [5.41, 5.74) is -1.58. The number of rotatable bonds is 3. The molecule has 1 unspecified atom stereocenters. The molecule has 0 aliphatic rings. The number of carbonyl (C=O) groups excluding carboxylic acids is 2. The van der Waals surface area contributed by atoms with Gasteiger partial charge in [-0.05, 0) is 13.8 Å². The predicted octanol–water partition coefficient (Wildman–Crippen LogP) is -0.0321. The van der Waals surface area contributed by atoms with Crippen LogP contribution < -0.4 is 5.32 Å². The third-order valence-electron chi connectivity index (χ3n) is 1.33. The average molecular weight is 184 g/mol. The Balaban J connectivity index is 4.55. The van der Waals surface area contributed by atoms with E-state index in [2.05, 4.69) is 10.1 Å². The van der Waals surface area contributed by atoms with Gasteiger partial charge in [-0.3, -0.25) is 4.79 Å². The quantitative estimate of drug-likeness (QED) is 0.624. The van der Waals surface area contributed by atoms with Gasteiger partial charge in [-0.2, -0.15) is 5.26 Å². The van der Waals surface area contributed by atoms with Crippen LogP contribution in [0.1, 0.15) is 20.8 Å². The highest BCUT2D eigenvalue weighted by molar-refractivity contribution is 5.89. The molecule has 0 radical (unpaired) electrons. The SMILES string of the molecule is CCOC(=O)C(C)(C#N)NC(C)=O. The van der Waals surface area contributed by atoms with E-state index in [-0.39, 0.29) is 6.61 Å². The van der Waals surface area contributed by atoms with Crippen molar-refractivity contribution in [2.45, 2.75) is 26.3 Å². The largest absolute Gasteiger partial charge is 0.463 e. The van der Waals surface area contributed by atoms with E-state index in [0.717, 1.165) is 0 Å². The van der Waals surface area contributed by atoms with Crippen LogP contribution in [0.4, 0.5) is 0 Å². The van der Waals surface area contributed by atoms with Gasteiger partial charge in [-0.25, -0.2) is 4.79 Å². The summed E-state index contributed by atoms with van der Waals surface area (Å²) in [5.74, 6) is -1.19. The predicted molar refractivity (Wildman–Crippen MR) is 44.5 cm³/mol. The van der Waals surface area contributed by atoms with Crippen molar-refractivity contribution >= 4 is 11.9 Å². The van der Waals surface area contributed by atoms with Crippen LogP contribution in [0.15, 0.2) is 0 Å². The molecule has 1 atom stereocenters. The first kappa shape index (κ1) is 11.4. The Labute approximate surface area is 76.7 Å². The van der Waals surface area contributed by atoms with Gasteiger partial charge >= 0.3 is 5.97 Å². The lowest BCUT2D eigenvalue weighted by atomic mass is 10.1. The van der Waals surface area contributed by atoms with Gasteiger partial charge in [0, 0.05) is 6.92 Å². The molecule has 0 aromatic rings. The molecule has 0 aliphatic carbocycles. The van der Waals surface area contributed by atoms with Gasteiger partial charge in [0.25, 0.3) is 0 Å². The molecule has 0 heterocycles. The monoisotopic (exact) mass is 184 g/mol. The Morgan fingerprint density at radius 3 is 2.46 bits per heavy atom. The normalized spacial score (nSPS) is 13.7. The number of amides is 1. The van der Waals surface area contributed by atoms with Crippen molar-refractivity contribution in [1.82, 2.24) is 5.32 Å². The molecule has 0 fully saturated rings. The number of nitrogens with zero attached hydrogens (tertiary/aromatic N) is 1. The highest BCUT2D eigenvalue weighted by atomic mass is 16.5. The van der Waals surface area contributed by atoms with Gasteiger partial charge in [0.1, 0.15) is 6.07 Å². The van der Waals surface area contributed by atoms with Crippen LogP contribution in [0.25, 0.3) is 0 Å². The van der Waals surface area contributed by atoms with Crippen molar-refractivity contribution in [3.8, 4) is 6.07 Å². The second-order valence-corrected chi connectivity index (χ2v) is 2.64. The average Bonchev–Trinajstić information content (AvgIpc) is 2.03. The number of nitriles is 1. The zero-order valence-electron chi connectivity index (χ0n) is 7.88. The summed E-state index contributed by atoms with van der Waals surface area (Å²) in [6.07, 6.45) is 0. The van der Waals surface area contributed by atoms with Gasteiger partial charge in [-0.1, -0.05) is 0 Å². The van der Waals surface area contributed by atoms with Crippen molar-refractivity contribution in [3.63, 3.8) is 0 Å². The third kappa shape index (κ3) is 3.11. The Kier molecular flexibility index (Phi) is 3.92. The van der Waals surface area contributed by atoms with E-state index in [9.17, 15) is 9.59 Å². The van der Waals surface area contributed by atoms with Gasteiger partial charge in [0.15, 0.2) is 0 Å². The molecule has 5 nitrogen and oxygen atoms in total. The number of nitrogens with one attached hydrogen (secondary N) is 1. The lowest BCUT2D eigenvalue weighted by molar-refractivity contribution is -0.149. The van der Waals surface area contributed by atoms with Gasteiger partial charge in [-0.15, -0.1) is 0 Å². The lowest BCUT2D eigenvalue weighted by Gasteiger charge is -2.19. The minimum Gasteiger partial charge on any atom is -0.463 e. The number of hydrogen-bond donors (Lipinski definition) is 1. The van der Waals surface area contributed by atoms with E-state index in [1.165, 1.54) is 13.8 Å². The molecule has 0 aromatic carbocycles. The molecule has 0 saturated heterocycles. The van der Waals surface area contributed by atoms with E-state index >= 15 is 0 Å². The van der Waals surface area contributed by atoms with Crippen LogP contribution >= 0.6 is 0 Å². The molecule has 0 aromatic heterocycles. The number of ether oxygens (including phenoxy) is 1. The fourth-order valence-electron chi connectivity index (χ4n) is 0.752. The zero-order valence-corrected chi connectivity index (χ0v) is 7.88. The number of esters is 1. The molecule has 1 amide bonds. The molecule has 0 bridgehead atoms. The standard InChI is InChI=1S/C8H12N2O3/c1-4-13-7(12)8(3,5-9)10-6(2)11/h4H2,1-3H3,(H,10,11). The Hall–Kier alpha value is -1.57. The van der Waals surface area contributed by atoms with E-state index < -0.39 is 17.4 Å². The minimum absolute atomic E-state index is 0.176. The molecule has 0 saturated carbocycles. The second-order valence-electron chi connectivity index (χ2n) is 2.64. The van der Waals surface area contributed by atoms with Crippen molar-refractivity contribution in [3.05, 3.63) is 0 Å². The fourth-order valence-corrected chi connectivity index (χ4v) is 0.752. The van der Waals surface area contributed by atoms with Crippen molar-refractivity contribution in [1.29, 1.82) is 5.26 Å². The highest BCUT2D eigenvalue weighted by Gasteiger charge is 2.35. The summed E-state index contributed by atoms with van der Waals surface area (Å²) in [4.78, 5) is 21.8. The van der Waals surface area contributed by atoms with Crippen LogP contribution in [0.3, 0.4) is 0 Å². The van der Waals surface area contributed by atoms with E-state index in [4.69, 9.17) is 5.26 Å². The van der Waals surface area contributed by atoms with Gasteiger partial charge < -0.3 is 10.1 Å². The third-order valence-corrected chi connectivity index (χ3v) is 1.33. The summed E-state index contributed by atoms with van der Waals surface area (Å²) in [6, 6.07) is 1.69. The molecule has 5 heteroatoms. The fraction of sp³-hybridized carbons (Fsp3) is 0.625. The number of carbonyl (C=O) groups is 2. The summed E-state index contributed by atoms with van der Waals surface area (Å²) >= 11 is 0. The molecule has 0 rings (SSSR count). The first-order valence-electron chi connectivity index (χ1n) is 3.83. The molecule has 1 N–H and O–H groups in total. The topological polar surface area (TPSA) is 79.2 Å². The van der Waals surface area contributed by atoms with Crippen LogP contribution in [-0.2, 0) is 14.3 Å². The Bertz CT molecular complexity index is 257. The van der Waals surface area contributed by atoms with E-state index in [0.29, 0.717) is 0 Å². The van der Waals surface area contributed by atoms with Crippen LogP contribution in [0.5, 0.6) is 0 Å². The lowest BCUT2D eigenvalue weighted by Crippen LogP contribution is -2.51. The first-order valence-corrected chi connectivity index (χ1v) is 3.83. The summed E-state index contributed by atoms with van der Waals surface area (Å²) in [6.45, 7) is 4.33. The summed E-state index contributed by atoms with van der Waals surface area (Å²) in [5, 5.41) is 10.9. The maximum atomic E-state index is 11.2. The molecule has 13 heavy (non-hydrogen) atoms. The Morgan fingerprint density at radius 2 is 2.15 bits per heavy atom. The first-order chi connectivity index (χ1) is 5.96. The van der Waals surface area contributed by atoms with Crippen molar-refractivity contribution < 1.29 is 14.3 Å². The smallest absolute Gasteiger partial charge is 0.346 e. The zero-order chi connectivity index (χ0) is 10.5. The van der Waals surface area contributed by atoms with Crippen molar-refractivity contribution in [2.24, 2.45) is 0 Å². The minimum atomic E-state index is -1.58. The summed E-state index contributed by atoms with van der Waals surface area (Å²) < 4.78 is 4.62.